The number of hydroxylamine groups is 1. The minimum Gasteiger partial charge on any atom is -0.379 e. The average molecular weight is 277 g/mol. The van der Waals surface area contributed by atoms with Crippen LogP contribution in [-0.4, -0.2) is 65.4 Å². The van der Waals surface area contributed by atoms with Gasteiger partial charge in [-0.05, 0) is 13.8 Å². The molecule has 0 aliphatic carbocycles. The number of thioether (sulfide) groups is 1. The first kappa shape index (κ1) is 15.7. The first-order chi connectivity index (χ1) is 8.47. The fraction of sp³-hybridized carbons (Fsp3) is 0.909. The monoisotopic (exact) mass is 277 g/mol. The third-order valence-corrected chi connectivity index (χ3v) is 4.46. The molecule has 1 amide bonds. The molecule has 0 bridgehead atoms. The number of primary amides is 1. The number of carbonyl (C=O) groups is 1. The van der Waals surface area contributed by atoms with Crippen molar-refractivity contribution in [3.63, 3.8) is 0 Å². The molecule has 18 heavy (non-hydrogen) atoms. The van der Waals surface area contributed by atoms with Gasteiger partial charge in [-0.1, -0.05) is 0 Å². The van der Waals surface area contributed by atoms with Crippen molar-refractivity contribution < 1.29 is 14.7 Å². The van der Waals surface area contributed by atoms with E-state index in [-0.39, 0.29) is 0 Å². The Morgan fingerprint density at radius 3 is 2.67 bits per heavy atom. The van der Waals surface area contributed by atoms with Crippen molar-refractivity contribution in [1.82, 2.24) is 10.4 Å². The largest absolute Gasteiger partial charge is 0.379 e. The van der Waals surface area contributed by atoms with E-state index in [1.54, 1.807) is 11.8 Å². The summed E-state index contributed by atoms with van der Waals surface area (Å²) in [6, 6.07) is -0.743. The Morgan fingerprint density at radius 1 is 1.56 bits per heavy atom. The lowest BCUT2D eigenvalue weighted by Gasteiger charge is -2.32. The standard InChI is InChI=1S/C11H23N3O3S/c1-11(2,9(13-16)10(12)15)18-8-5-14-3-6-17-7-4-14/h9,13,16H,3-8H2,1-2H3,(H2,12,15)/t9-/m0/s1. The van der Waals surface area contributed by atoms with E-state index >= 15 is 0 Å². The number of hydrogen-bond acceptors (Lipinski definition) is 6. The van der Waals surface area contributed by atoms with Gasteiger partial charge in [-0.3, -0.25) is 9.69 Å². The molecule has 6 nitrogen and oxygen atoms in total. The second kappa shape index (κ2) is 7.30. The van der Waals surface area contributed by atoms with Crippen molar-refractivity contribution in [3.8, 4) is 0 Å². The molecule has 1 atom stereocenters. The maximum atomic E-state index is 11.2. The van der Waals surface area contributed by atoms with Crippen LogP contribution >= 0.6 is 11.8 Å². The molecule has 1 saturated heterocycles. The maximum Gasteiger partial charge on any atom is 0.238 e. The molecule has 0 radical (unpaired) electrons. The van der Waals surface area contributed by atoms with Gasteiger partial charge in [-0.2, -0.15) is 17.2 Å². The number of nitrogens with two attached hydrogens (primary N) is 1. The zero-order valence-corrected chi connectivity index (χ0v) is 11.8. The molecule has 0 aromatic heterocycles. The van der Waals surface area contributed by atoms with Gasteiger partial charge in [0.1, 0.15) is 6.04 Å². The summed E-state index contributed by atoms with van der Waals surface area (Å²) in [6.45, 7) is 8.24. The summed E-state index contributed by atoms with van der Waals surface area (Å²) >= 11 is 1.63. The summed E-state index contributed by atoms with van der Waals surface area (Å²) in [4.78, 5) is 13.5. The second-order valence-electron chi connectivity index (χ2n) is 4.87. The van der Waals surface area contributed by atoms with E-state index in [9.17, 15) is 4.79 Å². The number of morpholine rings is 1. The molecule has 7 heteroatoms. The molecule has 0 aromatic carbocycles. The van der Waals surface area contributed by atoms with Crippen LogP contribution in [0.3, 0.4) is 0 Å². The van der Waals surface area contributed by atoms with Gasteiger partial charge < -0.3 is 15.7 Å². The number of nitrogens with zero attached hydrogens (tertiary/aromatic N) is 1. The van der Waals surface area contributed by atoms with E-state index in [4.69, 9.17) is 15.7 Å². The highest BCUT2D eigenvalue weighted by molar-refractivity contribution is 8.00. The van der Waals surface area contributed by atoms with Gasteiger partial charge in [0.2, 0.25) is 5.91 Å². The van der Waals surface area contributed by atoms with Crippen LogP contribution in [0.2, 0.25) is 0 Å². The van der Waals surface area contributed by atoms with Crippen LogP contribution in [0.15, 0.2) is 0 Å². The van der Waals surface area contributed by atoms with Gasteiger partial charge in [0.15, 0.2) is 0 Å². The molecule has 0 saturated carbocycles. The number of carbonyl (C=O) groups excluding carboxylic acids is 1. The summed E-state index contributed by atoms with van der Waals surface area (Å²) in [5.41, 5.74) is 7.25. The van der Waals surface area contributed by atoms with Gasteiger partial charge >= 0.3 is 0 Å². The Labute approximate surface area is 112 Å². The Kier molecular flexibility index (Phi) is 6.37. The fourth-order valence-electron chi connectivity index (χ4n) is 1.91. The minimum atomic E-state index is -0.743. The summed E-state index contributed by atoms with van der Waals surface area (Å²) < 4.78 is 4.84. The highest BCUT2D eigenvalue weighted by Crippen LogP contribution is 2.28. The molecule has 4 N–H and O–H groups in total. The topological polar surface area (TPSA) is 87.8 Å². The van der Waals surface area contributed by atoms with Crippen LogP contribution in [0.1, 0.15) is 13.8 Å². The van der Waals surface area contributed by atoms with Gasteiger partial charge in [0.05, 0.1) is 13.2 Å². The third kappa shape index (κ3) is 4.74. The predicted octanol–water partition coefficient (Wildman–Crippen LogP) is -0.337. The zero-order chi connectivity index (χ0) is 13.6. The van der Waals surface area contributed by atoms with Crippen molar-refractivity contribution >= 4 is 17.7 Å². The lowest BCUT2D eigenvalue weighted by atomic mass is 10.0. The number of nitrogens with one attached hydrogen (secondary N) is 1. The smallest absolute Gasteiger partial charge is 0.238 e. The summed E-state index contributed by atoms with van der Waals surface area (Å²) in [7, 11) is 0. The number of hydrogen-bond donors (Lipinski definition) is 3. The molecule has 106 valence electrons. The molecule has 1 aliphatic heterocycles. The molecular weight excluding hydrogens is 254 g/mol. The maximum absolute atomic E-state index is 11.2. The Balaban J connectivity index is 2.33. The molecule has 1 aliphatic rings. The first-order valence-electron chi connectivity index (χ1n) is 6.10. The molecule has 1 heterocycles. The quantitative estimate of drug-likeness (QED) is 0.552. The van der Waals surface area contributed by atoms with Crippen LogP contribution in [0, 0.1) is 0 Å². The van der Waals surface area contributed by atoms with E-state index in [0.29, 0.717) is 0 Å². The predicted molar refractivity (Wildman–Crippen MR) is 71.7 cm³/mol. The molecule has 1 rings (SSSR count). The lowest BCUT2D eigenvalue weighted by Crippen LogP contribution is -2.52. The van der Waals surface area contributed by atoms with Crippen LogP contribution < -0.4 is 11.2 Å². The summed E-state index contributed by atoms with van der Waals surface area (Å²) in [6.07, 6.45) is 0. The number of amides is 1. The van der Waals surface area contributed by atoms with Crippen molar-refractivity contribution in [2.75, 3.05) is 38.6 Å². The van der Waals surface area contributed by atoms with Gasteiger partial charge in [0, 0.05) is 30.1 Å². The van der Waals surface area contributed by atoms with E-state index in [2.05, 4.69) is 4.90 Å². The van der Waals surface area contributed by atoms with Crippen LogP contribution in [0.4, 0.5) is 0 Å². The van der Waals surface area contributed by atoms with E-state index < -0.39 is 16.7 Å². The van der Waals surface area contributed by atoms with Crippen molar-refractivity contribution in [1.29, 1.82) is 0 Å². The molecule has 0 unspecified atom stereocenters. The second-order valence-corrected chi connectivity index (χ2v) is 6.62. The lowest BCUT2D eigenvalue weighted by molar-refractivity contribution is -0.123. The fourth-order valence-corrected chi connectivity index (χ4v) is 3.12. The van der Waals surface area contributed by atoms with Crippen LogP contribution in [-0.2, 0) is 9.53 Å². The van der Waals surface area contributed by atoms with Gasteiger partial charge in [0.25, 0.3) is 0 Å². The van der Waals surface area contributed by atoms with E-state index in [1.807, 2.05) is 19.3 Å². The Bertz CT molecular complexity index is 270. The molecule has 1 fully saturated rings. The SMILES string of the molecule is CC(C)(SCCN1CCOCC1)[C@@H](NO)C(N)=O. The molecule has 0 aromatic rings. The van der Waals surface area contributed by atoms with Crippen LogP contribution in [0.25, 0.3) is 0 Å². The molecular formula is C11H23N3O3S. The van der Waals surface area contributed by atoms with Crippen molar-refractivity contribution in [2.45, 2.75) is 24.6 Å². The van der Waals surface area contributed by atoms with Crippen molar-refractivity contribution in [2.24, 2.45) is 5.73 Å². The van der Waals surface area contributed by atoms with E-state index in [1.165, 1.54) is 0 Å². The summed E-state index contributed by atoms with van der Waals surface area (Å²) in [5.74, 6) is 0.347. The minimum absolute atomic E-state index is 0.438. The highest BCUT2D eigenvalue weighted by Gasteiger charge is 2.34. The van der Waals surface area contributed by atoms with Gasteiger partial charge in [-0.25, -0.2) is 0 Å². The average Bonchev–Trinajstić information content (AvgIpc) is 2.30. The van der Waals surface area contributed by atoms with Gasteiger partial charge in [-0.15, -0.1) is 0 Å². The third-order valence-electron chi connectivity index (χ3n) is 3.09. The van der Waals surface area contributed by atoms with Crippen LogP contribution in [0.5, 0.6) is 0 Å². The van der Waals surface area contributed by atoms with Crippen molar-refractivity contribution in [3.05, 3.63) is 0 Å². The molecule has 0 spiro atoms. The highest BCUT2D eigenvalue weighted by atomic mass is 32.2. The number of ether oxygens (including phenoxy) is 1. The van der Waals surface area contributed by atoms with E-state index in [0.717, 1.165) is 38.6 Å². The zero-order valence-electron chi connectivity index (χ0n) is 11.0. The summed E-state index contributed by atoms with van der Waals surface area (Å²) in [5, 5.41) is 8.99. The normalized spacial score (nSPS) is 19.7. The Morgan fingerprint density at radius 2 is 2.17 bits per heavy atom. The number of rotatable bonds is 7. The Hall–Kier alpha value is -0.340. The first-order valence-corrected chi connectivity index (χ1v) is 7.09.